The van der Waals surface area contributed by atoms with E-state index in [0.29, 0.717) is 38.3 Å². The van der Waals surface area contributed by atoms with Crippen LogP contribution in [0, 0.1) is 0 Å². The molecular formula is C20H22N4O3. The summed E-state index contributed by atoms with van der Waals surface area (Å²) < 4.78 is 0. The Morgan fingerprint density at radius 1 is 1.11 bits per heavy atom. The van der Waals surface area contributed by atoms with Gasteiger partial charge >= 0.3 is 0 Å². The Hall–Kier alpha value is -3.22. The predicted molar refractivity (Wildman–Crippen MR) is 100 cm³/mol. The summed E-state index contributed by atoms with van der Waals surface area (Å²) in [7, 11) is 1.73. The van der Waals surface area contributed by atoms with E-state index in [0.717, 1.165) is 12.0 Å². The summed E-state index contributed by atoms with van der Waals surface area (Å²) in [5.41, 5.74) is 1.71. The molecule has 7 heteroatoms. The summed E-state index contributed by atoms with van der Waals surface area (Å²) in [5.74, 6) is -0.387. The normalized spacial score (nSPS) is 14.0. The second-order valence-electron chi connectivity index (χ2n) is 6.51. The Morgan fingerprint density at radius 2 is 1.81 bits per heavy atom. The standard InChI is InChI=1S/C20H22N4O3/c1-22(14-16-5-3-2-4-6-16)19(26)17-7-8-21-18(13-17)20(27)24-11-9-23(15-25)10-12-24/h2-8,13,15H,9-12,14H2,1H3. The maximum atomic E-state index is 12.7. The van der Waals surface area contributed by atoms with Crippen LogP contribution in [0.4, 0.5) is 0 Å². The van der Waals surface area contributed by atoms with Gasteiger partial charge in [-0.15, -0.1) is 0 Å². The summed E-state index contributed by atoms with van der Waals surface area (Å²) in [6.45, 7) is 2.43. The molecule has 1 saturated heterocycles. The van der Waals surface area contributed by atoms with Gasteiger partial charge in [-0.05, 0) is 17.7 Å². The summed E-state index contributed by atoms with van der Waals surface area (Å²) >= 11 is 0. The average Bonchev–Trinajstić information content (AvgIpc) is 2.73. The number of aromatic nitrogens is 1. The zero-order chi connectivity index (χ0) is 19.2. The van der Waals surface area contributed by atoms with E-state index in [4.69, 9.17) is 0 Å². The zero-order valence-corrected chi connectivity index (χ0v) is 15.2. The number of rotatable bonds is 5. The van der Waals surface area contributed by atoms with Gasteiger partial charge < -0.3 is 14.7 Å². The van der Waals surface area contributed by atoms with Crippen molar-refractivity contribution >= 4 is 18.2 Å². The van der Waals surface area contributed by atoms with Crippen LogP contribution in [-0.4, -0.2) is 71.1 Å². The van der Waals surface area contributed by atoms with Gasteiger partial charge in [0.15, 0.2) is 0 Å². The van der Waals surface area contributed by atoms with Crippen molar-refractivity contribution in [3.05, 3.63) is 65.5 Å². The number of nitrogens with zero attached hydrogens (tertiary/aromatic N) is 4. The Morgan fingerprint density at radius 3 is 2.48 bits per heavy atom. The molecule has 3 rings (SSSR count). The van der Waals surface area contributed by atoms with Crippen LogP contribution in [-0.2, 0) is 11.3 Å². The molecule has 0 aliphatic carbocycles. The molecule has 0 bridgehead atoms. The second-order valence-corrected chi connectivity index (χ2v) is 6.51. The largest absolute Gasteiger partial charge is 0.342 e. The summed E-state index contributed by atoms with van der Waals surface area (Å²) in [5, 5.41) is 0. The highest BCUT2D eigenvalue weighted by Gasteiger charge is 2.23. The number of benzene rings is 1. The lowest BCUT2D eigenvalue weighted by Gasteiger charge is -2.32. The molecule has 1 aromatic carbocycles. The Bertz CT molecular complexity index is 817. The van der Waals surface area contributed by atoms with E-state index in [9.17, 15) is 14.4 Å². The molecule has 27 heavy (non-hydrogen) atoms. The molecule has 0 spiro atoms. The molecule has 7 nitrogen and oxygen atoms in total. The van der Waals surface area contributed by atoms with Gasteiger partial charge in [0.25, 0.3) is 11.8 Å². The topological polar surface area (TPSA) is 73.8 Å². The molecule has 1 aliphatic heterocycles. The minimum Gasteiger partial charge on any atom is -0.342 e. The average molecular weight is 366 g/mol. The van der Waals surface area contributed by atoms with Gasteiger partial charge in [-0.1, -0.05) is 30.3 Å². The highest BCUT2D eigenvalue weighted by atomic mass is 16.2. The Kier molecular flexibility index (Phi) is 5.80. The molecule has 0 N–H and O–H groups in total. The molecule has 1 fully saturated rings. The van der Waals surface area contributed by atoms with Crippen molar-refractivity contribution in [3.63, 3.8) is 0 Å². The number of carbonyl (C=O) groups is 3. The fourth-order valence-corrected chi connectivity index (χ4v) is 3.02. The van der Waals surface area contributed by atoms with E-state index in [1.807, 2.05) is 30.3 Å². The van der Waals surface area contributed by atoms with Crippen molar-refractivity contribution in [2.45, 2.75) is 6.54 Å². The van der Waals surface area contributed by atoms with Crippen LogP contribution in [0.15, 0.2) is 48.7 Å². The molecule has 2 aromatic rings. The number of hydrogen-bond donors (Lipinski definition) is 0. The van der Waals surface area contributed by atoms with E-state index < -0.39 is 0 Å². The molecule has 2 heterocycles. The number of piperazine rings is 1. The number of hydrogen-bond acceptors (Lipinski definition) is 4. The molecule has 0 saturated carbocycles. The number of pyridine rings is 1. The quantitative estimate of drug-likeness (QED) is 0.747. The van der Waals surface area contributed by atoms with Gasteiger partial charge in [-0.3, -0.25) is 19.4 Å². The van der Waals surface area contributed by atoms with Crippen LogP contribution in [0.3, 0.4) is 0 Å². The highest BCUT2D eigenvalue weighted by Crippen LogP contribution is 2.12. The zero-order valence-electron chi connectivity index (χ0n) is 15.2. The van der Waals surface area contributed by atoms with Gasteiger partial charge in [-0.2, -0.15) is 0 Å². The fourth-order valence-electron chi connectivity index (χ4n) is 3.02. The first-order chi connectivity index (χ1) is 13.1. The first-order valence-electron chi connectivity index (χ1n) is 8.82. The van der Waals surface area contributed by atoms with Crippen molar-refractivity contribution in [1.29, 1.82) is 0 Å². The van der Waals surface area contributed by atoms with E-state index in [2.05, 4.69) is 4.98 Å². The third-order valence-electron chi connectivity index (χ3n) is 4.59. The van der Waals surface area contributed by atoms with E-state index in [-0.39, 0.29) is 17.5 Å². The van der Waals surface area contributed by atoms with E-state index in [1.54, 1.807) is 27.8 Å². The second kappa shape index (κ2) is 8.44. The minimum absolute atomic E-state index is 0.166. The summed E-state index contributed by atoms with van der Waals surface area (Å²) in [6.07, 6.45) is 2.28. The molecule has 140 valence electrons. The van der Waals surface area contributed by atoms with Crippen LogP contribution in [0.1, 0.15) is 26.4 Å². The highest BCUT2D eigenvalue weighted by molar-refractivity contribution is 5.98. The molecule has 3 amide bonds. The minimum atomic E-state index is -0.221. The van der Waals surface area contributed by atoms with E-state index >= 15 is 0 Å². The van der Waals surface area contributed by atoms with E-state index in [1.165, 1.54) is 12.3 Å². The predicted octanol–water partition coefficient (Wildman–Crippen LogP) is 1.27. The van der Waals surface area contributed by atoms with Crippen molar-refractivity contribution in [1.82, 2.24) is 19.7 Å². The third kappa shape index (κ3) is 4.49. The van der Waals surface area contributed by atoms with Crippen LogP contribution >= 0.6 is 0 Å². The Balaban J connectivity index is 1.68. The third-order valence-corrected chi connectivity index (χ3v) is 4.59. The van der Waals surface area contributed by atoms with Gasteiger partial charge in [0, 0.05) is 51.5 Å². The molecule has 0 unspecified atom stereocenters. The lowest BCUT2D eigenvalue weighted by atomic mass is 10.1. The van der Waals surface area contributed by atoms with Crippen molar-refractivity contribution in [3.8, 4) is 0 Å². The van der Waals surface area contributed by atoms with Crippen LogP contribution in [0.5, 0.6) is 0 Å². The van der Waals surface area contributed by atoms with Gasteiger partial charge in [-0.25, -0.2) is 0 Å². The lowest BCUT2D eigenvalue weighted by molar-refractivity contribution is -0.119. The maximum Gasteiger partial charge on any atom is 0.272 e. The van der Waals surface area contributed by atoms with Crippen LogP contribution in [0.25, 0.3) is 0 Å². The molecule has 1 aromatic heterocycles. The Labute approximate surface area is 158 Å². The monoisotopic (exact) mass is 366 g/mol. The smallest absolute Gasteiger partial charge is 0.272 e. The lowest BCUT2D eigenvalue weighted by Crippen LogP contribution is -2.48. The molecule has 0 atom stereocenters. The fraction of sp³-hybridized carbons (Fsp3) is 0.300. The summed E-state index contributed by atoms with van der Waals surface area (Å²) in [6, 6.07) is 12.9. The van der Waals surface area contributed by atoms with Crippen molar-refractivity contribution in [2.24, 2.45) is 0 Å². The van der Waals surface area contributed by atoms with Gasteiger partial charge in [0.1, 0.15) is 5.69 Å². The first kappa shape index (κ1) is 18.6. The van der Waals surface area contributed by atoms with Gasteiger partial charge in [0.2, 0.25) is 6.41 Å². The van der Waals surface area contributed by atoms with Crippen molar-refractivity contribution < 1.29 is 14.4 Å². The maximum absolute atomic E-state index is 12.7. The first-order valence-corrected chi connectivity index (χ1v) is 8.82. The molecule has 1 aliphatic rings. The molecule has 0 radical (unpaired) electrons. The number of amides is 3. The van der Waals surface area contributed by atoms with Crippen LogP contribution in [0.2, 0.25) is 0 Å². The summed E-state index contributed by atoms with van der Waals surface area (Å²) in [4.78, 5) is 45.2. The van der Waals surface area contributed by atoms with Gasteiger partial charge in [0.05, 0.1) is 0 Å². The van der Waals surface area contributed by atoms with Crippen LogP contribution < -0.4 is 0 Å². The molecular weight excluding hydrogens is 344 g/mol. The SMILES string of the molecule is CN(Cc1ccccc1)C(=O)c1ccnc(C(=O)N2CCN(C=O)CC2)c1. The number of carbonyl (C=O) groups excluding carboxylic acids is 3. The van der Waals surface area contributed by atoms with Crippen molar-refractivity contribution in [2.75, 3.05) is 33.2 Å².